The highest BCUT2D eigenvalue weighted by Gasteiger charge is 2.15. The van der Waals surface area contributed by atoms with Crippen molar-refractivity contribution in [3.63, 3.8) is 0 Å². The zero-order valence-corrected chi connectivity index (χ0v) is 12.5. The van der Waals surface area contributed by atoms with E-state index in [1.54, 1.807) is 12.1 Å². The number of carbonyl (C=O) groups excluding carboxylic acids is 1. The number of ether oxygens (including phenoxy) is 1. The summed E-state index contributed by atoms with van der Waals surface area (Å²) in [5, 5.41) is 2.85. The molecule has 3 rings (SSSR count). The third-order valence-electron chi connectivity index (χ3n) is 3.44. The number of fused-ring (bicyclic) bond motifs is 1. The van der Waals surface area contributed by atoms with E-state index in [9.17, 15) is 4.79 Å². The number of nitrogens with zero attached hydrogens (tertiary/aromatic N) is 2. The molecule has 0 fully saturated rings. The van der Waals surface area contributed by atoms with Crippen molar-refractivity contribution in [1.29, 1.82) is 0 Å². The molecule has 0 unspecified atom stereocenters. The molecule has 0 aliphatic heterocycles. The number of anilines is 1. The van der Waals surface area contributed by atoms with E-state index in [1.807, 2.05) is 54.9 Å². The second-order valence-corrected chi connectivity index (χ2v) is 4.87. The van der Waals surface area contributed by atoms with Crippen molar-refractivity contribution in [2.75, 3.05) is 11.9 Å². The van der Waals surface area contributed by atoms with Gasteiger partial charge in [0.15, 0.2) is 0 Å². The highest BCUT2D eigenvalue weighted by Crippen LogP contribution is 2.21. The van der Waals surface area contributed by atoms with Gasteiger partial charge < -0.3 is 9.30 Å². The van der Waals surface area contributed by atoms with Crippen LogP contribution in [-0.4, -0.2) is 22.1 Å². The fourth-order valence-electron chi connectivity index (χ4n) is 2.36. The van der Waals surface area contributed by atoms with Crippen LogP contribution in [0.1, 0.15) is 17.3 Å². The van der Waals surface area contributed by atoms with Gasteiger partial charge in [-0.05, 0) is 31.2 Å². The summed E-state index contributed by atoms with van der Waals surface area (Å²) in [5.41, 5.74) is 2.31. The van der Waals surface area contributed by atoms with E-state index >= 15 is 0 Å². The molecule has 0 aliphatic carbocycles. The summed E-state index contributed by atoms with van der Waals surface area (Å²) in [5.74, 6) is 0.848. The number of rotatable bonds is 4. The molecule has 1 amide bonds. The Hall–Kier alpha value is -2.82. The maximum absolute atomic E-state index is 12.5. The highest BCUT2D eigenvalue weighted by molar-refractivity contribution is 6.06. The molecular weight excluding hydrogens is 278 g/mol. The largest absolute Gasteiger partial charge is 0.493 e. The minimum atomic E-state index is -0.234. The van der Waals surface area contributed by atoms with Crippen LogP contribution < -0.4 is 10.1 Å². The van der Waals surface area contributed by atoms with Crippen molar-refractivity contribution in [3.8, 4) is 5.75 Å². The molecule has 0 saturated carbocycles. The lowest BCUT2D eigenvalue weighted by Crippen LogP contribution is -2.16. The van der Waals surface area contributed by atoms with E-state index in [2.05, 4.69) is 10.3 Å². The predicted molar refractivity (Wildman–Crippen MR) is 86.3 cm³/mol. The minimum Gasteiger partial charge on any atom is -0.493 e. The Morgan fingerprint density at radius 3 is 2.68 bits per heavy atom. The predicted octanol–water partition coefficient (Wildman–Crippen LogP) is 3.22. The van der Waals surface area contributed by atoms with Crippen LogP contribution in [0.25, 0.3) is 11.0 Å². The summed E-state index contributed by atoms with van der Waals surface area (Å²) in [7, 11) is 1.87. The van der Waals surface area contributed by atoms with Gasteiger partial charge in [0.1, 0.15) is 5.75 Å². The molecule has 22 heavy (non-hydrogen) atoms. The van der Waals surface area contributed by atoms with E-state index in [1.165, 1.54) is 0 Å². The van der Waals surface area contributed by atoms with Gasteiger partial charge in [-0.3, -0.25) is 10.1 Å². The summed E-state index contributed by atoms with van der Waals surface area (Å²) in [4.78, 5) is 16.9. The van der Waals surface area contributed by atoms with Crippen molar-refractivity contribution in [3.05, 3.63) is 54.1 Å². The number of imidazole rings is 1. The molecule has 112 valence electrons. The third kappa shape index (κ3) is 2.53. The topological polar surface area (TPSA) is 56.1 Å². The number of nitrogens with one attached hydrogen (secondary N) is 1. The first-order chi connectivity index (χ1) is 10.7. The van der Waals surface area contributed by atoms with Crippen LogP contribution in [0.15, 0.2) is 48.5 Å². The number of hydrogen-bond acceptors (Lipinski definition) is 3. The molecule has 1 N–H and O–H groups in total. The zero-order valence-electron chi connectivity index (χ0n) is 12.5. The zero-order chi connectivity index (χ0) is 15.5. The average molecular weight is 295 g/mol. The normalized spacial score (nSPS) is 10.6. The maximum Gasteiger partial charge on any atom is 0.261 e. The second-order valence-electron chi connectivity index (χ2n) is 4.87. The van der Waals surface area contributed by atoms with E-state index in [4.69, 9.17) is 4.74 Å². The summed E-state index contributed by atoms with van der Waals surface area (Å²) >= 11 is 0. The Kier molecular flexibility index (Phi) is 3.78. The molecule has 3 aromatic rings. The van der Waals surface area contributed by atoms with Crippen LogP contribution >= 0.6 is 0 Å². The summed E-state index contributed by atoms with van der Waals surface area (Å²) in [6.07, 6.45) is 0. The number of carbonyl (C=O) groups is 1. The lowest BCUT2D eigenvalue weighted by atomic mass is 10.2. The van der Waals surface area contributed by atoms with Gasteiger partial charge in [0.25, 0.3) is 5.91 Å². The lowest BCUT2D eigenvalue weighted by Gasteiger charge is -2.10. The Morgan fingerprint density at radius 2 is 1.91 bits per heavy atom. The van der Waals surface area contributed by atoms with Crippen molar-refractivity contribution in [1.82, 2.24) is 9.55 Å². The number of benzene rings is 2. The monoisotopic (exact) mass is 295 g/mol. The van der Waals surface area contributed by atoms with Gasteiger partial charge in [-0.2, -0.15) is 0 Å². The third-order valence-corrected chi connectivity index (χ3v) is 3.44. The molecule has 2 aromatic carbocycles. The average Bonchev–Trinajstić information content (AvgIpc) is 2.85. The quantitative estimate of drug-likeness (QED) is 0.804. The van der Waals surface area contributed by atoms with Crippen LogP contribution in [-0.2, 0) is 7.05 Å². The smallest absolute Gasteiger partial charge is 0.261 e. The molecule has 0 aliphatic rings. The van der Waals surface area contributed by atoms with Gasteiger partial charge in [-0.15, -0.1) is 0 Å². The van der Waals surface area contributed by atoms with Crippen LogP contribution in [0, 0.1) is 0 Å². The van der Waals surface area contributed by atoms with Crippen LogP contribution in [0.3, 0.4) is 0 Å². The van der Waals surface area contributed by atoms with Gasteiger partial charge >= 0.3 is 0 Å². The first-order valence-electron chi connectivity index (χ1n) is 7.15. The fraction of sp³-hybridized carbons (Fsp3) is 0.176. The van der Waals surface area contributed by atoms with Gasteiger partial charge in [0, 0.05) is 7.05 Å². The van der Waals surface area contributed by atoms with Gasteiger partial charge in [-0.1, -0.05) is 24.3 Å². The molecule has 1 aromatic heterocycles. The first kappa shape index (κ1) is 14.1. The minimum absolute atomic E-state index is 0.234. The molecule has 5 nitrogen and oxygen atoms in total. The molecule has 0 atom stereocenters. The number of aryl methyl sites for hydroxylation is 1. The van der Waals surface area contributed by atoms with Crippen molar-refractivity contribution in [2.45, 2.75) is 6.92 Å². The Labute approximate surface area is 128 Å². The van der Waals surface area contributed by atoms with Crippen LogP contribution in [0.2, 0.25) is 0 Å². The van der Waals surface area contributed by atoms with Gasteiger partial charge in [0.2, 0.25) is 5.95 Å². The van der Waals surface area contributed by atoms with Crippen molar-refractivity contribution < 1.29 is 9.53 Å². The number of para-hydroxylation sites is 3. The van der Waals surface area contributed by atoms with Gasteiger partial charge in [-0.25, -0.2) is 4.98 Å². The van der Waals surface area contributed by atoms with E-state index in [-0.39, 0.29) is 5.91 Å². The summed E-state index contributed by atoms with van der Waals surface area (Å²) in [6, 6.07) is 14.9. The number of amides is 1. The Balaban J connectivity index is 1.92. The Bertz CT molecular complexity index is 824. The lowest BCUT2D eigenvalue weighted by molar-refractivity contribution is 0.102. The molecule has 5 heteroatoms. The van der Waals surface area contributed by atoms with Crippen molar-refractivity contribution in [2.24, 2.45) is 7.05 Å². The Morgan fingerprint density at radius 1 is 1.18 bits per heavy atom. The summed E-state index contributed by atoms with van der Waals surface area (Å²) in [6.45, 7) is 2.40. The molecule has 1 heterocycles. The summed E-state index contributed by atoms with van der Waals surface area (Å²) < 4.78 is 7.35. The number of aromatic nitrogens is 2. The molecule has 0 radical (unpaired) electrons. The van der Waals surface area contributed by atoms with Crippen LogP contribution in [0.4, 0.5) is 5.95 Å². The number of hydrogen-bond donors (Lipinski definition) is 1. The second kappa shape index (κ2) is 5.89. The van der Waals surface area contributed by atoms with Gasteiger partial charge in [0.05, 0.1) is 23.2 Å². The van der Waals surface area contributed by atoms with Crippen molar-refractivity contribution >= 4 is 22.9 Å². The standard InChI is InChI=1S/C17H17N3O2/c1-3-22-15-11-7-4-8-12(15)16(21)19-17-18-13-9-5-6-10-14(13)20(17)2/h4-11H,3H2,1-2H3,(H,18,19,21). The van der Waals surface area contributed by atoms with E-state index in [0.29, 0.717) is 23.9 Å². The van der Waals surface area contributed by atoms with Crippen LogP contribution in [0.5, 0.6) is 5.75 Å². The maximum atomic E-state index is 12.5. The molecule has 0 saturated heterocycles. The van der Waals surface area contributed by atoms with E-state index < -0.39 is 0 Å². The molecule has 0 spiro atoms. The highest BCUT2D eigenvalue weighted by atomic mass is 16.5. The molecule has 0 bridgehead atoms. The fourth-order valence-corrected chi connectivity index (χ4v) is 2.36. The SMILES string of the molecule is CCOc1ccccc1C(=O)Nc1nc2ccccc2n1C. The van der Waals surface area contributed by atoms with E-state index in [0.717, 1.165) is 11.0 Å². The molecular formula is C17H17N3O2. The first-order valence-corrected chi connectivity index (χ1v) is 7.15.